The molecule has 130 valence electrons. The van der Waals surface area contributed by atoms with Crippen molar-refractivity contribution >= 4 is 5.91 Å². The topological polar surface area (TPSA) is 78.5 Å². The average molecular weight is 335 g/mol. The van der Waals surface area contributed by atoms with Crippen LogP contribution in [0.25, 0.3) is 0 Å². The molecule has 0 radical (unpaired) electrons. The van der Waals surface area contributed by atoms with Crippen molar-refractivity contribution in [1.82, 2.24) is 15.1 Å². The van der Waals surface area contributed by atoms with Gasteiger partial charge in [-0.15, -0.1) is 0 Å². The Labute approximate surface area is 131 Å². The van der Waals surface area contributed by atoms with Gasteiger partial charge in [0.1, 0.15) is 5.69 Å². The van der Waals surface area contributed by atoms with Crippen molar-refractivity contribution in [3.8, 4) is 0 Å². The number of H-pyrrole nitrogens is 1. The zero-order chi connectivity index (χ0) is 17.3. The predicted molar refractivity (Wildman–Crippen MR) is 74.7 cm³/mol. The van der Waals surface area contributed by atoms with E-state index < -0.39 is 23.4 Å². The molecular weight excluding hydrogens is 315 g/mol. The molecule has 1 aromatic rings. The Morgan fingerprint density at radius 2 is 2.30 bits per heavy atom. The van der Waals surface area contributed by atoms with Gasteiger partial charge in [-0.2, -0.15) is 18.3 Å². The fourth-order valence-corrected chi connectivity index (χ4v) is 2.74. The zero-order valence-corrected chi connectivity index (χ0v) is 13.0. The highest BCUT2D eigenvalue weighted by molar-refractivity contribution is 5.92. The third kappa shape index (κ3) is 3.84. The maximum Gasteiger partial charge on any atom is 0.432 e. The summed E-state index contributed by atoms with van der Waals surface area (Å²) < 4.78 is 42.6. The molecule has 1 saturated heterocycles. The second-order valence-corrected chi connectivity index (χ2v) is 5.91. The first-order valence-electron chi connectivity index (χ1n) is 7.30. The third-order valence-electron chi connectivity index (χ3n) is 4.35. The fourth-order valence-electron chi connectivity index (χ4n) is 2.74. The highest BCUT2D eigenvalue weighted by Crippen LogP contribution is 2.32. The first kappa shape index (κ1) is 17.7. The average Bonchev–Trinajstić information content (AvgIpc) is 2.97. The van der Waals surface area contributed by atoms with E-state index in [0.717, 1.165) is 0 Å². The number of aromatic nitrogens is 2. The first-order chi connectivity index (χ1) is 10.7. The Morgan fingerprint density at radius 3 is 2.83 bits per heavy atom. The van der Waals surface area contributed by atoms with Crippen molar-refractivity contribution in [1.29, 1.82) is 0 Å². The Kier molecular flexibility index (Phi) is 5.00. The number of halogens is 3. The van der Waals surface area contributed by atoms with Crippen LogP contribution in [0, 0.1) is 5.92 Å². The number of piperidine rings is 1. The SMILES string of the molecule is COCC[C@]1(O)CCN(C(=O)c2cc(C(F)(F)F)[nH]n2)C[C@H]1C. The number of aliphatic hydroxyl groups is 1. The van der Waals surface area contributed by atoms with Crippen LogP contribution in [-0.4, -0.2) is 58.5 Å². The van der Waals surface area contributed by atoms with Gasteiger partial charge in [-0.05, 0) is 12.8 Å². The number of likely N-dealkylation sites (tertiary alicyclic amines) is 1. The van der Waals surface area contributed by atoms with Crippen LogP contribution >= 0.6 is 0 Å². The van der Waals surface area contributed by atoms with Gasteiger partial charge in [-0.1, -0.05) is 6.92 Å². The molecule has 0 aliphatic carbocycles. The molecule has 23 heavy (non-hydrogen) atoms. The number of amides is 1. The molecule has 2 N–H and O–H groups in total. The van der Waals surface area contributed by atoms with Crippen LogP contribution < -0.4 is 0 Å². The number of rotatable bonds is 4. The highest BCUT2D eigenvalue weighted by atomic mass is 19.4. The largest absolute Gasteiger partial charge is 0.432 e. The number of ether oxygens (including phenoxy) is 1. The first-order valence-corrected chi connectivity index (χ1v) is 7.30. The molecule has 0 spiro atoms. The van der Waals surface area contributed by atoms with Gasteiger partial charge in [-0.3, -0.25) is 9.89 Å². The summed E-state index contributed by atoms with van der Waals surface area (Å²) >= 11 is 0. The molecule has 2 heterocycles. The number of alkyl halides is 3. The monoisotopic (exact) mass is 335 g/mol. The highest BCUT2D eigenvalue weighted by Gasteiger charge is 2.41. The molecular formula is C14H20F3N3O3. The van der Waals surface area contributed by atoms with E-state index in [9.17, 15) is 23.1 Å². The molecule has 6 nitrogen and oxygen atoms in total. The van der Waals surface area contributed by atoms with Gasteiger partial charge in [-0.25, -0.2) is 0 Å². The number of hydrogen-bond donors (Lipinski definition) is 2. The van der Waals surface area contributed by atoms with Gasteiger partial charge in [0.25, 0.3) is 5.91 Å². The number of carbonyl (C=O) groups excluding carboxylic acids is 1. The number of hydrogen-bond acceptors (Lipinski definition) is 4. The standard InChI is InChI=1S/C14H20F3N3O3/c1-9-8-20(5-3-13(9,22)4-6-23-2)12(21)10-7-11(19-18-10)14(15,16)17/h7,9,22H,3-6,8H2,1-2H3,(H,18,19)/t9-,13-/m1/s1. The molecule has 0 saturated carbocycles. The molecule has 1 aliphatic rings. The van der Waals surface area contributed by atoms with E-state index in [0.29, 0.717) is 25.5 Å². The van der Waals surface area contributed by atoms with E-state index in [4.69, 9.17) is 4.74 Å². The number of aromatic amines is 1. The molecule has 1 amide bonds. The predicted octanol–water partition coefficient (Wildman–Crippen LogP) is 1.68. The second kappa shape index (κ2) is 6.48. The van der Waals surface area contributed by atoms with E-state index in [-0.39, 0.29) is 24.7 Å². The lowest BCUT2D eigenvalue weighted by molar-refractivity contribution is -0.141. The van der Waals surface area contributed by atoms with Crippen molar-refractivity contribution in [3.05, 3.63) is 17.5 Å². The maximum absolute atomic E-state index is 12.5. The summed E-state index contributed by atoms with van der Waals surface area (Å²) in [4.78, 5) is 13.7. The van der Waals surface area contributed by atoms with Crippen molar-refractivity contribution in [2.45, 2.75) is 31.5 Å². The van der Waals surface area contributed by atoms with Crippen LogP contribution in [0.4, 0.5) is 13.2 Å². The zero-order valence-electron chi connectivity index (χ0n) is 13.0. The van der Waals surface area contributed by atoms with E-state index in [2.05, 4.69) is 5.10 Å². The molecule has 2 rings (SSSR count). The van der Waals surface area contributed by atoms with Crippen LogP contribution in [0.2, 0.25) is 0 Å². The quantitative estimate of drug-likeness (QED) is 0.877. The van der Waals surface area contributed by atoms with Crippen molar-refractivity contribution in [2.75, 3.05) is 26.8 Å². The van der Waals surface area contributed by atoms with Gasteiger partial charge in [0.2, 0.25) is 0 Å². The smallest absolute Gasteiger partial charge is 0.389 e. The van der Waals surface area contributed by atoms with Crippen molar-refractivity contribution < 1.29 is 27.8 Å². The lowest BCUT2D eigenvalue weighted by atomic mass is 9.80. The van der Waals surface area contributed by atoms with Crippen LogP contribution in [0.3, 0.4) is 0 Å². The summed E-state index contributed by atoms with van der Waals surface area (Å²) in [6, 6.07) is 0.707. The molecule has 1 aromatic heterocycles. The number of nitrogens with one attached hydrogen (secondary N) is 1. The van der Waals surface area contributed by atoms with E-state index in [1.54, 1.807) is 14.0 Å². The van der Waals surface area contributed by atoms with Crippen LogP contribution in [-0.2, 0) is 10.9 Å². The summed E-state index contributed by atoms with van der Waals surface area (Å²) in [6.07, 6.45) is -3.77. The molecule has 9 heteroatoms. The van der Waals surface area contributed by atoms with Crippen LogP contribution in [0.5, 0.6) is 0 Å². The summed E-state index contributed by atoms with van der Waals surface area (Å²) in [6.45, 7) is 2.73. The molecule has 0 aromatic carbocycles. The Hall–Kier alpha value is -1.61. The number of nitrogens with zero attached hydrogens (tertiary/aromatic N) is 2. The van der Waals surface area contributed by atoms with Gasteiger partial charge in [0.15, 0.2) is 5.69 Å². The van der Waals surface area contributed by atoms with E-state index in [1.807, 2.05) is 5.10 Å². The molecule has 0 unspecified atom stereocenters. The van der Waals surface area contributed by atoms with Gasteiger partial charge >= 0.3 is 6.18 Å². The van der Waals surface area contributed by atoms with Gasteiger partial charge in [0.05, 0.1) is 5.60 Å². The van der Waals surface area contributed by atoms with Crippen LogP contribution in [0.15, 0.2) is 6.07 Å². The molecule has 0 bridgehead atoms. The second-order valence-electron chi connectivity index (χ2n) is 5.91. The Bertz CT molecular complexity index is 561. The number of methoxy groups -OCH3 is 1. The summed E-state index contributed by atoms with van der Waals surface area (Å²) in [5, 5.41) is 15.8. The lowest BCUT2D eigenvalue weighted by Gasteiger charge is -2.43. The third-order valence-corrected chi connectivity index (χ3v) is 4.35. The maximum atomic E-state index is 12.5. The van der Waals surface area contributed by atoms with E-state index >= 15 is 0 Å². The summed E-state index contributed by atoms with van der Waals surface area (Å²) in [5.41, 5.74) is -2.26. The lowest BCUT2D eigenvalue weighted by Crippen LogP contribution is -2.53. The van der Waals surface area contributed by atoms with Crippen molar-refractivity contribution in [2.24, 2.45) is 5.92 Å². The normalized spacial score (nSPS) is 25.7. The minimum absolute atomic E-state index is 0.212. The fraction of sp³-hybridized carbons (Fsp3) is 0.714. The van der Waals surface area contributed by atoms with Crippen LogP contribution in [0.1, 0.15) is 35.9 Å². The van der Waals surface area contributed by atoms with Gasteiger partial charge in [0, 0.05) is 38.8 Å². The minimum atomic E-state index is -4.57. The summed E-state index contributed by atoms with van der Waals surface area (Å²) in [7, 11) is 1.54. The molecule has 2 atom stereocenters. The van der Waals surface area contributed by atoms with E-state index in [1.165, 1.54) is 4.90 Å². The minimum Gasteiger partial charge on any atom is -0.389 e. The summed E-state index contributed by atoms with van der Waals surface area (Å²) in [5.74, 6) is -0.784. The molecule has 1 aliphatic heterocycles. The Morgan fingerprint density at radius 1 is 1.61 bits per heavy atom. The Balaban J connectivity index is 2.04. The molecule has 1 fully saturated rings. The van der Waals surface area contributed by atoms with Gasteiger partial charge < -0.3 is 14.7 Å². The number of carbonyl (C=O) groups is 1. The van der Waals surface area contributed by atoms with Crippen molar-refractivity contribution in [3.63, 3.8) is 0 Å².